The molecule has 32 heavy (non-hydrogen) atoms. The summed E-state index contributed by atoms with van der Waals surface area (Å²) in [7, 11) is -3.84. The molecule has 2 aliphatic rings. The molecule has 0 aromatic heterocycles. The average Bonchev–Trinajstić information content (AvgIpc) is 2.76. The van der Waals surface area contributed by atoms with Gasteiger partial charge in [0.15, 0.2) is 17.6 Å². The predicted molar refractivity (Wildman–Crippen MR) is 117 cm³/mol. The van der Waals surface area contributed by atoms with Crippen LogP contribution in [0.1, 0.15) is 46.5 Å². The first-order chi connectivity index (χ1) is 15.2. The SMILES string of the molecule is C[C@@H]1[C@@H](C)CCC[C@H]1NC(=O)[C@@H](C)OC(=O)CCNS(=O)(=O)c1ccc2c(c1)OCCO2. The van der Waals surface area contributed by atoms with Crippen molar-refractivity contribution in [3.63, 3.8) is 0 Å². The zero-order valence-corrected chi connectivity index (χ0v) is 19.6. The van der Waals surface area contributed by atoms with Crippen LogP contribution in [0.15, 0.2) is 23.1 Å². The highest BCUT2D eigenvalue weighted by Crippen LogP contribution is 2.32. The van der Waals surface area contributed by atoms with Crippen molar-refractivity contribution in [2.24, 2.45) is 11.8 Å². The highest BCUT2D eigenvalue weighted by atomic mass is 32.2. The van der Waals surface area contributed by atoms with Gasteiger partial charge < -0.3 is 19.5 Å². The topological polar surface area (TPSA) is 120 Å². The lowest BCUT2D eigenvalue weighted by molar-refractivity contribution is -0.155. The van der Waals surface area contributed by atoms with Gasteiger partial charge >= 0.3 is 5.97 Å². The van der Waals surface area contributed by atoms with Gasteiger partial charge in [0.25, 0.3) is 5.91 Å². The minimum absolute atomic E-state index is 0.0127. The zero-order chi connectivity index (χ0) is 23.3. The Kier molecular flexibility index (Phi) is 8.00. The van der Waals surface area contributed by atoms with Gasteiger partial charge in [0.1, 0.15) is 13.2 Å². The summed E-state index contributed by atoms with van der Waals surface area (Å²) in [5.41, 5.74) is 0. The van der Waals surface area contributed by atoms with E-state index >= 15 is 0 Å². The summed E-state index contributed by atoms with van der Waals surface area (Å²) < 4.78 is 43.3. The predicted octanol–water partition coefficient (Wildman–Crippen LogP) is 2.00. The van der Waals surface area contributed by atoms with E-state index in [1.54, 1.807) is 0 Å². The summed E-state index contributed by atoms with van der Waals surface area (Å²) in [5.74, 6) is 0.770. The molecule has 1 heterocycles. The van der Waals surface area contributed by atoms with Gasteiger partial charge in [-0.15, -0.1) is 0 Å². The summed E-state index contributed by atoms with van der Waals surface area (Å²) >= 11 is 0. The third kappa shape index (κ3) is 6.13. The smallest absolute Gasteiger partial charge is 0.307 e. The van der Waals surface area contributed by atoms with Crippen LogP contribution in [0.3, 0.4) is 0 Å². The number of carbonyl (C=O) groups excluding carboxylic acids is 2. The van der Waals surface area contributed by atoms with Crippen LogP contribution in [0.25, 0.3) is 0 Å². The molecule has 1 saturated carbocycles. The maximum absolute atomic E-state index is 12.5. The molecule has 0 spiro atoms. The fourth-order valence-corrected chi connectivity index (χ4v) is 5.00. The Morgan fingerprint density at radius 2 is 1.88 bits per heavy atom. The van der Waals surface area contributed by atoms with Gasteiger partial charge in [0.05, 0.1) is 11.3 Å². The maximum Gasteiger partial charge on any atom is 0.307 e. The van der Waals surface area contributed by atoms with Crippen molar-refractivity contribution in [2.75, 3.05) is 19.8 Å². The van der Waals surface area contributed by atoms with Gasteiger partial charge in [-0.05, 0) is 37.3 Å². The summed E-state index contributed by atoms with van der Waals surface area (Å²) in [5, 5.41) is 2.98. The number of nitrogens with one attached hydrogen (secondary N) is 2. The second-order valence-electron chi connectivity index (χ2n) is 8.47. The molecule has 2 N–H and O–H groups in total. The second kappa shape index (κ2) is 10.5. The van der Waals surface area contributed by atoms with E-state index in [2.05, 4.69) is 23.9 Å². The molecule has 0 saturated heterocycles. The van der Waals surface area contributed by atoms with E-state index in [-0.39, 0.29) is 29.8 Å². The van der Waals surface area contributed by atoms with Gasteiger partial charge in [-0.25, -0.2) is 13.1 Å². The number of carbonyl (C=O) groups is 2. The second-order valence-corrected chi connectivity index (χ2v) is 10.2. The Morgan fingerprint density at radius 3 is 2.62 bits per heavy atom. The Morgan fingerprint density at radius 1 is 1.16 bits per heavy atom. The molecule has 1 aromatic rings. The largest absolute Gasteiger partial charge is 0.486 e. The van der Waals surface area contributed by atoms with E-state index in [0.717, 1.165) is 19.3 Å². The highest BCUT2D eigenvalue weighted by Gasteiger charge is 2.30. The standard InChI is InChI=1S/C22H32N2O7S/c1-14-5-4-6-18(15(14)2)24-22(26)16(3)31-21(25)9-10-23-32(27,28)17-7-8-19-20(13-17)30-12-11-29-19/h7-8,13-16,18,23H,4-6,9-12H2,1-3H3,(H,24,26)/t14-,15+,16+,18+/m0/s1. The van der Waals surface area contributed by atoms with Crippen molar-refractivity contribution in [3.05, 3.63) is 18.2 Å². The molecule has 3 rings (SSSR count). The molecule has 9 nitrogen and oxygen atoms in total. The van der Waals surface area contributed by atoms with Gasteiger partial charge in [0, 0.05) is 18.7 Å². The van der Waals surface area contributed by atoms with E-state index in [1.807, 2.05) is 0 Å². The summed E-state index contributed by atoms with van der Waals surface area (Å²) in [4.78, 5) is 24.5. The molecule has 0 radical (unpaired) electrons. The molecule has 0 bridgehead atoms. The molecule has 0 unspecified atom stereocenters. The van der Waals surface area contributed by atoms with Crippen molar-refractivity contribution < 1.29 is 32.2 Å². The molecule has 1 amide bonds. The molecule has 1 aliphatic heterocycles. The third-order valence-electron chi connectivity index (χ3n) is 6.16. The highest BCUT2D eigenvalue weighted by molar-refractivity contribution is 7.89. The van der Waals surface area contributed by atoms with E-state index < -0.39 is 22.1 Å². The molecule has 1 aliphatic carbocycles. The van der Waals surface area contributed by atoms with E-state index in [0.29, 0.717) is 36.5 Å². The number of hydrogen-bond donors (Lipinski definition) is 2. The average molecular weight is 469 g/mol. The van der Waals surface area contributed by atoms with Crippen molar-refractivity contribution in [2.45, 2.75) is 63.5 Å². The number of benzene rings is 1. The first-order valence-corrected chi connectivity index (χ1v) is 12.5. The lowest BCUT2D eigenvalue weighted by atomic mass is 9.78. The lowest BCUT2D eigenvalue weighted by Crippen LogP contribution is -2.47. The quantitative estimate of drug-likeness (QED) is 0.560. The Labute approximate surface area is 189 Å². The number of fused-ring (bicyclic) bond motifs is 1. The van der Waals surface area contributed by atoms with E-state index in [1.165, 1.54) is 25.1 Å². The molecular weight excluding hydrogens is 436 g/mol. The number of ether oxygens (including phenoxy) is 3. The summed E-state index contributed by atoms with van der Waals surface area (Å²) in [6.45, 7) is 6.43. The number of esters is 1. The fourth-order valence-electron chi connectivity index (χ4n) is 3.96. The lowest BCUT2D eigenvalue weighted by Gasteiger charge is -2.35. The number of hydrogen-bond acceptors (Lipinski definition) is 7. The van der Waals surface area contributed by atoms with Crippen LogP contribution in [0.5, 0.6) is 11.5 Å². The molecule has 4 atom stereocenters. The number of rotatable bonds is 8. The Balaban J connectivity index is 1.44. The van der Waals surface area contributed by atoms with Gasteiger partial charge in [0.2, 0.25) is 10.0 Å². The van der Waals surface area contributed by atoms with E-state index in [9.17, 15) is 18.0 Å². The van der Waals surface area contributed by atoms with Gasteiger partial charge in [-0.3, -0.25) is 9.59 Å². The van der Waals surface area contributed by atoms with Crippen LogP contribution < -0.4 is 19.5 Å². The van der Waals surface area contributed by atoms with Crippen molar-refractivity contribution in [1.29, 1.82) is 0 Å². The molecular formula is C22H32N2O7S. The maximum atomic E-state index is 12.5. The Bertz CT molecular complexity index is 934. The summed E-state index contributed by atoms with van der Waals surface area (Å²) in [6, 6.07) is 4.40. The van der Waals surface area contributed by atoms with Crippen molar-refractivity contribution in [1.82, 2.24) is 10.0 Å². The van der Waals surface area contributed by atoms with Crippen LogP contribution in [0, 0.1) is 11.8 Å². The van der Waals surface area contributed by atoms with Crippen molar-refractivity contribution >= 4 is 21.9 Å². The fraction of sp³-hybridized carbons (Fsp3) is 0.636. The van der Waals surface area contributed by atoms with Crippen LogP contribution in [-0.2, 0) is 24.3 Å². The minimum Gasteiger partial charge on any atom is -0.486 e. The third-order valence-corrected chi connectivity index (χ3v) is 7.62. The number of amides is 1. The summed E-state index contributed by atoms with van der Waals surface area (Å²) in [6.07, 6.45) is 1.99. The first kappa shape index (κ1) is 24.3. The van der Waals surface area contributed by atoms with Crippen LogP contribution in [0.4, 0.5) is 0 Å². The molecule has 178 valence electrons. The minimum atomic E-state index is -3.84. The van der Waals surface area contributed by atoms with Crippen molar-refractivity contribution in [3.8, 4) is 11.5 Å². The molecule has 1 fully saturated rings. The molecule has 1 aromatic carbocycles. The van der Waals surface area contributed by atoms with Crippen LogP contribution in [0.2, 0.25) is 0 Å². The van der Waals surface area contributed by atoms with Gasteiger partial charge in [-0.2, -0.15) is 0 Å². The Hall–Kier alpha value is -2.33. The number of sulfonamides is 1. The zero-order valence-electron chi connectivity index (χ0n) is 18.8. The monoisotopic (exact) mass is 468 g/mol. The van der Waals surface area contributed by atoms with E-state index in [4.69, 9.17) is 14.2 Å². The van der Waals surface area contributed by atoms with Crippen LogP contribution >= 0.6 is 0 Å². The normalized spacial score (nSPS) is 23.8. The van der Waals surface area contributed by atoms with Crippen LogP contribution in [-0.4, -0.2) is 52.2 Å². The van der Waals surface area contributed by atoms with Gasteiger partial charge in [-0.1, -0.05) is 26.7 Å². The molecule has 10 heteroatoms. The first-order valence-electron chi connectivity index (χ1n) is 11.1.